The first-order valence-corrected chi connectivity index (χ1v) is 9.99. The predicted molar refractivity (Wildman–Crippen MR) is 105 cm³/mol. The number of esters is 1. The second kappa shape index (κ2) is 7.52. The quantitative estimate of drug-likeness (QED) is 0.699. The summed E-state index contributed by atoms with van der Waals surface area (Å²) in [6.45, 7) is 3.46. The number of halogens is 2. The van der Waals surface area contributed by atoms with Crippen molar-refractivity contribution in [2.75, 3.05) is 20.2 Å². The molecule has 2 aromatic rings. The number of nitrogens with zero attached hydrogens (tertiary/aromatic N) is 2. The zero-order valence-corrected chi connectivity index (χ0v) is 16.9. The Bertz CT molecular complexity index is 915. The van der Waals surface area contributed by atoms with E-state index in [-0.39, 0.29) is 17.9 Å². The fourth-order valence-electron chi connectivity index (χ4n) is 5.01. The SMILES string of the molecule is COc1ccc2nccc([C@H](OC(C)=O)[C@H]3C[C@@H]4CCN3C[C@@H]4C(C)(F)F)c2c1. The Kier molecular flexibility index (Phi) is 5.19. The third kappa shape index (κ3) is 3.80. The molecule has 0 saturated carbocycles. The van der Waals surface area contributed by atoms with Gasteiger partial charge in [0.1, 0.15) is 11.9 Å². The average Bonchev–Trinajstić information content (AvgIpc) is 2.70. The number of carbonyl (C=O) groups excluding carboxylic acids is 1. The molecule has 0 aliphatic carbocycles. The highest BCUT2D eigenvalue weighted by Crippen LogP contribution is 2.47. The van der Waals surface area contributed by atoms with Gasteiger partial charge in [-0.2, -0.15) is 0 Å². The second-order valence-corrected chi connectivity index (χ2v) is 8.22. The molecule has 3 fully saturated rings. The molecular formula is C22H26F2N2O3. The lowest BCUT2D eigenvalue weighted by atomic mass is 9.71. The largest absolute Gasteiger partial charge is 0.497 e. The fraction of sp³-hybridized carbons (Fsp3) is 0.545. The molecule has 5 atom stereocenters. The van der Waals surface area contributed by atoms with E-state index in [1.54, 1.807) is 13.3 Å². The molecule has 4 heterocycles. The summed E-state index contributed by atoms with van der Waals surface area (Å²) in [5.74, 6) is -3.14. The van der Waals surface area contributed by atoms with E-state index in [1.807, 2.05) is 24.3 Å². The highest BCUT2D eigenvalue weighted by atomic mass is 19.3. The van der Waals surface area contributed by atoms with Crippen LogP contribution in [0, 0.1) is 11.8 Å². The van der Waals surface area contributed by atoms with Crippen LogP contribution < -0.4 is 4.74 Å². The summed E-state index contributed by atoms with van der Waals surface area (Å²) in [6.07, 6.45) is 2.49. The summed E-state index contributed by atoms with van der Waals surface area (Å²) in [4.78, 5) is 18.4. The van der Waals surface area contributed by atoms with Crippen LogP contribution in [0.5, 0.6) is 5.75 Å². The van der Waals surface area contributed by atoms with Crippen molar-refractivity contribution >= 4 is 16.9 Å². The van der Waals surface area contributed by atoms with E-state index < -0.39 is 17.9 Å². The van der Waals surface area contributed by atoms with Crippen LogP contribution in [0.4, 0.5) is 8.78 Å². The molecule has 1 aromatic heterocycles. The molecule has 156 valence electrons. The predicted octanol–water partition coefficient (Wildman–Crippen LogP) is 4.21. The smallest absolute Gasteiger partial charge is 0.303 e. The molecule has 1 aromatic carbocycles. The number of hydrogen-bond donors (Lipinski definition) is 0. The maximum atomic E-state index is 14.1. The molecule has 1 unspecified atom stereocenters. The third-order valence-electron chi connectivity index (χ3n) is 6.38. The van der Waals surface area contributed by atoms with Gasteiger partial charge in [-0.05, 0) is 56.5 Å². The van der Waals surface area contributed by atoms with E-state index >= 15 is 0 Å². The Morgan fingerprint density at radius 2 is 2.14 bits per heavy atom. The van der Waals surface area contributed by atoms with Gasteiger partial charge in [0.25, 0.3) is 0 Å². The van der Waals surface area contributed by atoms with Crippen LogP contribution in [0.25, 0.3) is 10.9 Å². The summed E-state index contributed by atoms with van der Waals surface area (Å²) in [6, 6.07) is 7.30. The molecule has 0 spiro atoms. The van der Waals surface area contributed by atoms with E-state index in [0.29, 0.717) is 18.7 Å². The first-order chi connectivity index (χ1) is 13.8. The third-order valence-corrected chi connectivity index (χ3v) is 6.38. The number of rotatable bonds is 5. The van der Waals surface area contributed by atoms with Crippen molar-refractivity contribution in [3.05, 3.63) is 36.0 Å². The minimum atomic E-state index is -2.71. The van der Waals surface area contributed by atoms with Gasteiger partial charge >= 0.3 is 5.97 Å². The van der Waals surface area contributed by atoms with Crippen molar-refractivity contribution in [2.24, 2.45) is 11.8 Å². The van der Waals surface area contributed by atoms with Gasteiger partial charge in [0.15, 0.2) is 0 Å². The van der Waals surface area contributed by atoms with Crippen LogP contribution in [0.15, 0.2) is 30.5 Å². The summed E-state index contributed by atoms with van der Waals surface area (Å²) < 4.78 is 39.3. The van der Waals surface area contributed by atoms with Crippen molar-refractivity contribution in [1.29, 1.82) is 0 Å². The van der Waals surface area contributed by atoms with Crippen molar-refractivity contribution in [3.8, 4) is 5.75 Å². The Hall–Kier alpha value is -2.28. The number of aromatic nitrogens is 1. The number of methoxy groups -OCH3 is 1. The number of carbonyl (C=O) groups is 1. The molecule has 7 heteroatoms. The number of pyridine rings is 1. The zero-order valence-electron chi connectivity index (χ0n) is 16.9. The summed E-state index contributed by atoms with van der Waals surface area (Å²) in [5, 5.41) is 0.845. The molecule has 0 N–H and O–H groups in total. The maximum Gasteiger partial charge on any atom is 0.303 e. The summed E-state index contributed by atoms with van der Waals surface area (Å²) in [5.41, 5.74) is 1.61. The minimum absolute atomic E-state index is 0.0781. The van der Waals surface area contributed by atoms with Crippen molar-refractivity contribution in [1.82, 2.24) is 9.88 Å². The van der Waals surface area contributed by atoms with Gasteiger partial charge < -0.3 is 9.47 Å². The Labute approximate surface area is 169 Å². The van der Waals surface area contributed by atoms with Gasteiger partial charge in [-0.15, -0.1) is 0 Å². The topological polar surface area (TPSA) is 51.7 Å². The monoisotopic (exact) mass is 404 g/mol. The van der Waals surface area contributed by atoms with Gasteiger partial charge in [-0.3, -0.25) is 14.7 Å². The highest BCUT2D eigenvalue weighted by Gasteiger charge is 2.51. The van der Waals surface area contributed by atoms with Crippen molar-refractivity contribution < 1.29 is 23.0 Å². The lowest BCUT2D eigenvalue weighted by Crippen LogP contribution is -2.59. The molecule has 0 amide bonds. The lowest BCUT2D eigenvalue weighted by molar-refractivity contribution is -0.166. The molecule has 2 bridgehead atoms. The number of hydrogen-bond acceptors (Lipinski definition) is 5. The lowest BCUT2D eigenvalue weighted by Gasteiger charge is -2.52. The van der Waals surface area contributed by atoms with E-state index in [1.165, 1.54) is 6.92 Å². The van der Waals surface area contributed by atoms with E-state index in [0.717, 1.165) is 36.4 Å². The average molecular weight is 404 g/mol. The number of ether oxygens (including phenoxy) is 2. The van der Waals surface area contributed by atoms with Gasteiger partial charge in [-0.1, -0.05) is 0 Å². The number of alkyl halides is 2. The Balaban J connectivity index is 1.74. The van der Waals surface area contributed by atoms with Crippen LogP contribution >= 0.6 is 0 Å². The van der Waals surface area contributed by atoms with Crippen molar-refractivity contribution in [2.45, 2.75) is 44.8 Å². The first kappa shape index (κ1) is 20.0. The highest BCUT2D eigenvalue weighted by molar-refractivity contribution is 5.84. The molecule has 0 radical (unpaired) electrons. The molecule has 5 nitrogen and oxygen atoms in total. The van der Waals surface area contributed by atoms with Crippen LogP contribution in [0.1, 0.15) is 38.4 Å². The molecule has 3 saturated heterocycles. The van der Waals surface area contributed by atoms with Crippen LogP contribution in [-0.2, 0) is 9.53 Å². The van der Waals surface area contributed by atoms with E-state index in [9.17, 15) is 13.6 Å². The zero-order chi connectivity index (χ0) is 20.8. The first-order valence-electron chi connectivity index (χ1n) is 9.99. The van der Waals surface area contributed by atoms with E-state index in [2.05, 4.69) is 9.88 Å². The second-order valence-electron chi connectivity index (χ2n) is 8.22. The van der Waals surface area contributed by atoms with Gasteiger partial charge in [0.05, 0.1) is 18.7 Å². The number of piperidine rings is 3. The van der Waals surface area contributed by atoms with Gasteiger partial charge in [0, 0.05) is 36.5 Å². The summed E-state index contributed by atoms with van der Waals surface area (Å²) >= 11 is 0. The molecule has 29 heavy (non-hydrogen) atoms. The van der Waals surface area contributed by atoms with Crippen LogP contribution in [0.2, 0.25) is 0 Å². The summed E-state index contributed by atoms with van der Waals surface area (Å²) in [7, 11) is 1.59. The van der Waals surface area contributed by atoms with Crippen LogP contribution in [-0.4, -0.2) is 48.0 Å². The molecule has 5 rings (SSSR count). The standard InChI is InChI=1S/C22H26F2N2O3/c1-13(27)29-21(16-6-8-25-19-5-4-15(28-3)11-17(16)19)20-10-14-7-9-26(20)12-18(14)22(2,23)24/h4-6,8,11,14,18,20-21H,7,9-10,12H2,1-3H3/t14-,18-,20+,21-/m0/s1. The Morgan fingerprint density at radius 3 is 2.76 bits per heavy atom. The van der Waals surface area contributed by atoms with Crippen LogP contribution in [0.3, 0.4) is 0 Å². The fourth-order valence-corrected chi connectivity index (χ4v) is 5.01. The van der Waals surface area contributed by atoms with Gasteiger partial charge in [0.2, 0.25) is 5.92 Å². The minimum Gasteiger partial charge on any atom is -0.497 e. The van der Waals surface area contributed by atoms with E-state index in [4.69, 9.17) is 9.47 Å². The maximum absolute atomic E-state index is 14.1. The molecular weight excluding hydrogens is 378 g/mol. The number of benzene rings is 1. The Morgan fingerprint density at radius 1 is 1.34 bits per heavy atom. The van der Waals surface area contributed by atoms with Crippen molar-refractivity contribution in [3.63, 3.8) is 0 Å². The molecule has 3 aliphatic heterocycles. The molecule has 3 aliphatic rings. The normalized spacial score (nSPS) is 27.6. The van der Waals surface area contributed by atoms with Gasteiger partial charge in [-0.25, -0.2) is 8.78 Å². The number of fused-ring (bicyclic) bond motifs is 4.